The van der Waals surface area contributed by atoms with Crippen molar-refractivity contribution in [3.63, 3.8) is 0 Å². The second-order valence-electron chi connectivity index (χ2n) is 6.69. The van der Waals surface area contributed by atoms with Crippen molar-refractivity contribution in [1.82, 2.24) is 9.80 Å². The van der Waals surface area contributed by atoms with Gasteiger partial charge < -0.3 is 9.80 Å². The average Bonchev–Trinajstić information content (AvgIpc) is 2.60. The molecule has 24 heavy (non-hydrogen) atoms. The smallest absolute Gasteiger partial charge is 0.246 e. The van der Waals surface area contributed by atoms with Crippen molar-refractivity contribution in [1.29, 1.82) is 0 Å². The van der Waals surface area contributed by atoms with Crippen LogP contribution in [-0.2, 0) is 29.1 Å². The molecule has 0 spiro atoms. The minimum absolute atomic E-state index is 0.0428. The maximum atomic E-state index is 12.9. The average molecular weight is 320 g/mol. The molecule has 0 radical (unpaired) electrons. The van der Waals surface area contributed by atoms with Gasteiger partial charge in [0, 0.05) is 19.5 Å². The fraction of sp³-hybridized carbons (Fsp3) is 0.300. The highest BCUT2D eigenvalue weighted by molar-refractivity contribution is 5.95. The zero-order valence-corrected chi connectivity index (χ0v) is 13.7. The Labute approximate surface area is 141 Å². The topological polar surface area (TPSA) is 40.6 Å². The van der Waals surface area contributed by atoms with Crippen molar-refractivity contribution >= 4 is 11.8 Å². The molecule has 2 aromatic carbocycles. The Morgan fingerprint density at radius 1 is 0.958 bits per heavy atom. The minimum Gasteiger partial charge on any atom is -0.327 e. The number of piperazine rings is 1. The van der Waals surface area contributed by atoms with Crippen molar-refractivity contribution in [2.75, 3.05) is 6.54 Å². The summed E-state index contributed by atoms with van der Waals surface area (Å²) in [5.74, 6) is 0.103. The minimum atomic E-state index is -0.355. The van der Waals surface area contributed by atoms with Gasteiger partial charge in [-0.25, -0.2) is 0 Å². The number of amides is 2. The van der Waals surface area contributed by atoms with Gasteiger partial charge >= 0.3 is 0 Å². The first-order chi connectivity index (χ1) is 11.6. The van der Waals surface area contributed by atoms with Crippen molar-refractivity contribution in [2.24, 2.45) is 0 Å². The lowest BCUT2D eigenvalue weighted by molar-refractivity contribution is -0.157. The normalized spacial score (nSPS) is 20.0. The van der Waals surface area contributed by atoms with Crippen LogP contribution in [-0.4, -0.2) is 34.2 Å². The summed E-state index contributed by atoms with van der Waals surface area (Å²) in [6.45, 7) is 3.25. The summed E-state index contributed by atoms with van der Waals surface area (Å²) in [6.07, 6.45) is 0.616. The van der Waals surface area contributed by atoms with Crippen LogP contribution in [0, 0.1) is 6.92 Å². The van der Waals surface area contributed by atoms with E-state index >= 15 is 0 Å². The lowest BCUT2D eigenvalue weighted by Crippen LogP contribution is -2.61. The van der Waals surface area contributed by atoms with E-state index in [4.69, 9.17) is 0 Å². The summed E-state index contributed by atoms with van der Waals surface area (Å²) < 4.78 is 0. The third-order valence-electron chi connectivity index (χ3n) is 4.99. The van der Waals surface area contributed by atoms with Gasteiger partial charge in [-0.05, 0) is 23.6 Å². The molecular weight excluding hydrogens is 300 g/mol. The second kappa shape index (κ2) is 5.78. The molecule has 2 aromatic rings. The summed E-state index contributed by atoms with van der Waals surface area (Å²) in [5, 5.41) is 0. The van der Waals surface area contributed by atoms with E-state index in [2.05, 4.69) is 6.07 Å². The number of carbonyl (C=O) groups excluding carboxylic acids is 2. The van der Waals surface area contributed by atoms with E-state index in [0.717, 1.165) is 11.1 Å². The molecule has 0 bridgehead atoms. The predicted molar refractivity (Wildman–Crippen MR) is 91.1 cm³/mol. The highest BCUT2D eigenvalue weighted by Crippen LogP contribution is 2.27. The molecule has 122 valence electrons. The lowest BCUT2D eigenvalue weighted by atomic mass is 9.91. The van der Waals surface area contributed by atoms with Gasteiger partial charge in [0.15, 0.2) is 0 Å². The van der Waals surface area contributed by atoms with Crippen molar-refractivity contribution in [3.8, 4) is 0 Å². The molecule has 0 aliphatic carbocycles. The van der Waals surface area contributed by atoms with E-state index < -0.39 is 0 Å². The molecule has 2 heterocycles. The SMILES string of the molecule is Cc1ccc(CN2CC(=O)N3Cc4ccccc4C[C@H]3C2=O)cc1. The van der Waals surface area contributed by atoms with Crippen LogP contribution in [0.4, 0.5) is 0 Å². The van der Waals surface area contributed by atoms with E-state index in [0.29, 0.717) is 19.5 Å². The van der Waals surface area contributed by atoms with Gasteiger partial charge in [-0.15, -0.1) is 0 Å². The van der Waals surface area contributed by atoms with Crippen LogP contribution in [0.5, 0.6) is 0 Å². The summed E-state index contributed by atoms with van der Waals surface area (Å²) in [5.41, 5.74) is 4.58. The zero-order valence-electron chi connectivity index (χ0n) is 13.7. The highest BCUT2D eigenvalue weighted by atomic mass is 16.2. The Morgan fingerprint density at radius 2 is 1.67 bits per heavy atom. The summed E-state index contributed by atoms with van der Waals surface area (Å²) in [6, 6.07) is 15.8. The van der Waals surface area contributed by atoms with Gasteiger partial charge in [-0.2, -0.15) is 0 Å². The molecule has 0 N–H and O–H groups in total. The maximum absolute atomic E-state index is 12.9. The summed E-state index contributed by atoms with van der Waals surface area (Å²) >= 11 is 0. The van der Waals surface area contributed by atoms with Gasteiger partial charge in [0.25, 0.3) is 0 Å². The molecule has 2 aliphatic rings. The fourth-order valence-corrected chi connectivity index (χ4v) is 3.60. The summed E-state index contributed by atoms with van der Waals surface area (Å²) in [7, 11) is 0. The van der Waals surface area contributed by atoms with E-state index in [1.54, 1.807) is 9.80 Å². The third kappa shape index (κ3) is 2.58. The number of fused-ring (bicyclic) bond motifs is 2. The number of benzene rings is 2. The maximum Gasteiger partial charge on any atom is 0.246 e. The Bertz CT molecular complexity index is 798. The first-order valence-electron chi connectivity index (χ1n) is 8.32. The van der Waals surface area contributed by atoms with E-state index in [1.807, 2.05) is 49.4 Å². The third-order valence-corrected chi connectivity index (χ3v) is 4.99. The Balaban J connectivity index is 1.57. The van der Waals surface area contributed by atoms with Crippen LogP contribution in [0.3, 0.4) is 0 Å². The first kappa shape index (κ1) is 14.9. The molecule has 1 atom stereocenters. The zero-order chi connectivity index (χ0) is 16.7. The second-order valence-corrected chi connectivity index (χ2v) is 6.69. The molecule has 0 saturated carbocycles. The Kier molecular flexibility index (Phi) is 3.60. The van der Waals surface area contributed by atoms with E-state index in [1.165, 1.54) is 11.1 Å². The highest BCUT2D eigenvalue weighted by Gasteiger charge is 2.41. The van der Waals surface area contributed by atoms with Crippen LogP contribution in [0.15, 0.2) is 48.5 Å². The van der Waals surface area contributed by atoms with Gasteiger partial charge in [0.05, 0.1) is 0 Å². The number of rotatable bonds is 2. The Hall–Kier alpha value is -2.62. The fourth-order valence-electron chi connectivity index (χ4n) is 3.60. The van der Waals surface area contributed by atoms with E-state index in [9.17, 15) is 9.59 Å². The van der Waals surface area contributed by atoms with Crippen molar-refractivity contribution < 1.29 is 9.59 Å². The Morgan fingerprint density at radius 3 is 2.42 bits per heavy atom. The van der Waals surface area contributed by atoms with Gasteiger partial charge in [-0.1, -0.05) is 54.1 Å². The molecule has 2 aliphatic heterocycles. The number of carbonyl (C=O) groups is 2. The molecule has 4 nitrogen and oxygen atoms in total. The molecule has 0 unspecified atom stereocenters. The van der Waals surface area contributed by atoms with E-state index in [-0.39, 0.29) is 24.4 Å². The molecule has 0 aromatic heterocycles. The van der Waals surface area contributed by atoms with Crippen molar-refractivity contribution in [3.05, 3.63) is 70.8 Å². The molecule has 2 amide bonds. The molecule has 4 heteroatoms. The van der Waals surface area contributed by atoms with Gasteiger partial charge in [-0.3, -0.25) is 9.59 Å². The molecule has 1 saturated heterocycles. The van der Waals surface area contributed by atoms with Crippen LogP contribution in [0.1, 0.15) is 22.3 Å². The quantitative estimate of drug-likeness (QED) is 0.852. The van der Waals surface area contributed by atoms with Gasteiger partial charge in [0.2, 0.25) is 11.8 Å². The molecular formula is C20H20N2O2. The lowest BCUT2D eigenvalue weighted by Gasteiger charge is -2.43. The molecule has 4 rings (SSSR count). The number of hydrogen-bond donors (Lipinski definition) is 0. The van der Waals surface area contributed by atoms with Crippen LogP contribution >= 0.6 is 0 Å². The van der Waals surface area contributed by atoms with Crippen LogP contribution < -0.4 is 0 Å². The number of hydrogen-bond acceptors (Lipinski definition) is 2. The van der Waals surface area contributed by atoms with Crippen LogP contribution in [0.2, 0.25) is 0 Å². The summed E-state index contributed by atoms with van der Waals surface area (Å²) in [4.78, 5) is 28.9. The molecule has 1 fully saturated rings. The number of aryl methyl sites for hydroxylation is 1. The number of nitrogens with zero attached hydrogens (tertiary/aromatic N) is 2. The van der Waals surface area contributed by atoms with Gasteiger partial charge in [0.1, 0.15) is 12.6 Å². The monoisotopic (exact) mass is 320 g/mol. The predicted octanol–water partition coefficient (Wildman–Crippen LogP) is 2.29. The van der Waals surface area contributed by atoms with Crippen LogP contribution in [0.25, 0.3) is 0 Å². The standard InChI is InChI=1S/C20H20N2O2/c1-14-6-8-15(9-7-14)11-21-13-19(23)22-12-17-5-3-2-4-16(17)10-18(22)20(21)24/h2-9,18H,10-13H2,1H3/t18-/m0/s1. The largest absolute Gasteiger partial charge is 0.327 e. The van der Waals surface area contributed by atoms with Crippen molar-refractivity contribution in [2.45, 2.75) is 32.5 Å². The first-order valence-corrected chi connectivity index (χ1v) is 8.32.